The largest absolute Gasteiger partial charge is 0.494 e. The number of ether oxygens (including phenoxy) is 1. The molecule has 5 heteroatoms. The maximum atomic E-state index is 12.1. The highest BCUT2D eigenvalue weighted by Crippen LogP contribution is 2.20. The second-order valence-corrected chi connectivity index (χ2v) is 4.97. The van der Waals surface area contributed by atoms with Crippen molar-refractivity contribution < 1.29 is 19.4 Å². The molecule has 0 aliphatic carbocycles. The summed E-state index contributed by atoms with van der Waals surface area (Å²) in [6.07, 6.45) is 2.08. The highest BCUT2D eigenvalue weighted by Gasteiger charge is 2.35. The Hall–Kier alpha value is -2.04. The van der Waals surface area contributed by atoms with Crippen molar-refractivity contribution >= 4 is 11.9 Å². The van der Waals surface area contributed by atoms with E-state index in [9.17, 15) is 9.59 Å². The van der Waals surface area contributed by atoms with Gasteiger partial charge in [-0.2, -0.15) is 0 Å². The van der Waals surface area contributed by atoms with Crippen LogP contribution < -0.4 is 4.74 Å². The molecule has 1 aromatic rings. The number of carboxylic acid groups (broad SMARTS) is 1. The Labute approximate surface area is 118 Å². The van der Waals surface area contributed by atoms with Gasteiger partial charge in [-0.15, -0.1) is 0 Å². The quantitative estimate of drug-likeness (QED) is 0.808. The van der Waals surface area contributed by atoms with E-state index in [0.717, 1.165) is 18.6 Å². The first-order chi connectivity index (χ1) is 9.61. The van der Waals surface area contributed by atoms with Crippen LogP contribution in [0.15, 0.2) is 24.3 Å². The Morgan fingerprint density at radius 1 is 1.30 bits per heavy atom. The van der Waals surface area contributed by atoms with Crippen molar-refractivity contribution in [2.75, 3.05) is 19.7 Å². The first-order valence-electron chi connectivity index (χ1n) is 6.86. The Bertz CT molecular complexity index is 477. The van der Waals surface area contributed by atoms with E-state index in [4.69, 9.17) is 9.84 Å². The Morgan fingerprint density at radius 3 is 2.50 bits per heavy atom. The summed E-state index contributed by atoms with van der Waals surface area (Å²) in [5.41, 5.74) is 0.566. The first kappa shape index (κ1) is 14.4. The third kappa shape index (κ3) is 3.29. The van der Waals surface area contributed by atoms with Crippen LogP contribution in [0.3, 0.4) is 0 Å². The molecular formula is C15H19NO4. The third-order valence-corrected chi connectivity index (χ3v) is 3.39. The van der Waals surface area contributed by atoms with Gasteiger partial charge >= 0.3 is 5.97 Å². The van der Waals surface area contributed by atoms with Gasteiger partial charge in [0, 0.05) is 18.7 Å². The fourth-order valence-corrected chi connectivity index (χ4v) is 2.01. The maximum absolute atomic E-state index is 12.1. The highest BCUT2D eigenvalue weighted by atomic mass is 16.5. The van der Waals surface area contributed by atoms with E-state index in [1.807, 2.05) is 0 Å². The van der Waals surface area contributed by atoms with Crippen molar-refractivity contribution in [2.45, 2.75) is 19.8 Å². The van der Waals surface area contributed by atoms with Gasteiger partial charge in [0.2, 0.25) is 0 Å². The molecule has 0 atom stereocenters. The number of nitrogens with zero attached hydrogens (tertiary/aromatic N) is 1. The number of likely N-dealkylation sites (tertiary alicyclic amines) is 1. The van der Waals surface area contributed by atoms with Crippen LogP contribution in [0.25, 0.3) is 0 Å². The van der Waals surface area contributed by atoms with Crippen molar-refractivity contribution in [1.29, 1.82) is 0 Å². The van der Waals surface area contributed by atoms with Crippen LogP contribution >= 0.6 is 0 Å². The van der Waals surface area contributed by atoms with Crippen LogP contribution in [-0.4, -0.2) is 41.6 Å². The van der Waals surface area contributed by atoms with Crippen molar-refractivity contribution in [3.63, 3.8) is 0 Å². The summed E-state index contributed by atoms with van der Waals surface area (Å²) in [4.78, 5) is 24.3. The van der Waals surface area contributed by atoms with Gasteiger partial charge in [-0.3, -0.25) is 9.59 Å². The minimum atomic E-state index is -0.839. The summed E-state index contributed by atoms with van der Waals surface area (Å²) in [6, 6.07) is 6.99. The molecule has 1 aliphatic rings. The second-order valence-electron chi connectivity index (χ2n) is 4.97. The van der Waals surface area contributed by atoms with Gasteiger partial charge in [0.25, 0.3) is 5.91 Å². The molecule has 1 heterocycles. The molecule has 0 aromatic heterocycles. The fraction of sp³-hybridized carbons (Fsp3) is 0.467. The van der Waals surface area contributed by atoms with Crippen molar-refractivity contribution in [1.82, 2.24) is 4.90 Å². The molecule has 20 heavy (non-hydrogen) atoms. The van der Waals surface area contributed by atoms with Crippen LogP contribution in [0.5, 0.6) is 5.75 Å². The second kappa shape index (κ2) is 6.41. The fourth-order valence-electron chi connectivity index (χ4n) is 2.01. The molecular weight excluding hydrogens is 258 g/mol. The molecule has 1 aliphatic heterocycles. The lowest BCUT2D eigenvalue weighted by Gasteiger charge is -2.36. The Morgan fingerprint density at radius 2 is 1.95 bits per heavy atom. The third-order valence-electron chi connectivity index (χ3n) is 3.39. The zero-order valence-corrected chi connectivity index (χ0v) is 11.5. The number of hydrogen-bond donors (Lipinski definition) is 1. The summed E-state index contributed by atoms with van der Waals surface area (Å²) in [5.74, 6) is -0.631. The summed E-state index contributed by atoms with van der Waals surface area (Å²) in [7, 11) is 0. The molecule has 0 spiro atoms. The average Bonchev–Trinajstić information content (AvgIpc) is 2.37. The number of amides is 1. The van der Waals surface area contributed by atoms with E-state index in [-0.39, 0.29) is 5.91 Å². The maximum Gasteiger partial charge on any atom is 0.310 e. The molecule has 0 radical (unpaired) electrons. The number of benzene rings is 1. The molecule has 0 saturated carbocycles. The number of carbonyl (C=O) groups is 2. The molecule has 1 aromatic carbocycles. The van der Waals surface area contributed by atoms with Crippen LogP contribution in [0, 0.1) is 5.92 Å². The lowest BCUT2D eigenvalue weighted by Crippen LogP contribution is -2.53. The Balaban J connectivity index is 1.87. The summed E-state index contributed by atoms with van der Waals surface area (Å²) in [5, 5.41) is 8.79. The van der Waals surface area contributed by atoms with E-state index in [0.29, 0.717) is 25.3 Å². The zero-order chi connectivity index (χ0) is 14.5. The van der Waals surface area contributed by atoms with Gasteiger partial charge < -0.3 is 14.7 Å². The molecule has 5 nitrogen and oxygen atoms in total. The molecule has 1 N–H and O–H groups in total. The minimum absolute atomic E-state index is 0.123. The van der Waals surface area contributed by atoms with Gasteiger partial charge in [0.1, 0.15) is 5.75 Å². The normalized spacial score (nSPS) is 14.8. The van der Waals surface area contributed by atoms with Crippen LogP contribution in [-0.2, 0) is 4.79 Å². The van der Waals surface area contributed by atoms with Gasteiger partial charge in [-0.1, -0.05) is 13.3 Å². The number of carboxylic acids is 1. The molecule has 1 saturated heterocycles. The molecule has 0 unspecified atom stereocenters. The van der Waals surface area contributed by atoms with Crippen molar-refractivity contribution in [3.8, 4) is 5.75 Å². The van der Waals surface area contributed by atoms with Crippen LogP contribution in [0.2, 0.25) is 0 Å². The number of carbonyl (C=O) groups excluding carboxylic acids is 1. The summed E-state index contributed by atoms with van der Waals surface area (Å²) in [6.45, 7) is 3.37. The molecule has 1 amide bonds. The van der Waals surface area contributed by atoms with Gasteiger partial charge in [-0.25, -0.2) is 0 Å². The lowest BCUT2D eigenvalue weighted by molar-refractivity contribution is -0.146. The first-order valence-corrected chi connectivity index (χ1v) is 6.86. The van der Waals surface area contributed by atoms with Gasteiger partial charge in [0.05, 0.1) is 12.5 Å². The van der Waals surface area contributed by atoms with E-state index in [1.165, 1.54) is 0 Å². The standard InChI is InChI=1S/C15H19NO4/c1-2-3-8-20-13-6-4-11(5-7-13)14(17)16-9-12(10-16)15(18)19/h4-7,12H,2-3,8-10H2,1H3,(H,18,19). The molecule has 108 valence electrons. The monoisotopic (exact) mass is 277 g/mol. The number of rotatable bonds is 6. The van der Waals surface area contributed by atoms with E-state index < -0.39 is 11.9 Å². The average molecular weight is 277 g/mol. The van der Waals surface area contributed by atoms with Crippen molar-refractivity contribution in [2.24, 2.45) is 5.92 Å². The highest BCUT2D eigenvalue weighted by molar-refractivity contribution is 5.95. The Kier molecular flexibility index (Phi) is 4.61. The lowest BCUT2D eigenvalue weighted by atomic mass is 9.99. The minimum Gasteiger partial charge on any atom is -0.494 e. The predicted octanol–water partition coefficient (Wildman–Crippen LogP) is 2.02. The summed E-state index contributed by atoms with van der Waals surface area (Å²) < 4.78 is 5.53. The number of unbranched alkanes of at least 4 members (excludes halogenated alkanes) is 1. The van der Waals surface area contributed by atoms with Gasteiger partial charge in [0.15, 0.2) is 0 Å². The number of aliphatic carboxylic acids is 1. The smallest absolute Gasteiger partial charge is 0.310 e. The van der Waals surface area contributed by atoms with Gasteiger partial charge in [-0.05, 0) is 30.7 Å². The van der Waals surface area contributed by atoms with Crippen molar-refractivity contribution in [3.05, 3.63) is 29.8 Å². The van der Waals surface area contributed by atoms with E-state index in [1.54, 1.807) is 29.2 Å². The van der Waals surface area contributed by atoms with Crippen LogP contribution in [0.4, 0.5) is 0 Å². The molecule has 2 rings (SSSR count). The molecule has 0 bridgehead atoms. The molecule has 1 fully saturated rings. The number of hydrogen-bond acceptors (Lipinski definition) is 3. The van der Waals surface area contributed by atoms with Crippen LogP contribution in [0.1, 0.15) is 30.1 Å². The zero-order valence-electron chi connectivity index (χ0n) is 11.5. The topological polar surface area (TPSA) is 66.8 Å². The predicted molar refractivity (Wildman–Crippen MR) is 73.9 cm³/mol. The summed E-state index contributed by atoms with van der Waals surface area (Å²) >= 11 is 0. The SMILES string of the molecule is CCCCOc1ccc(C(=O)N2CC(C(=O)O)C2)cc1. The van der Waals surface area contributed by atoms with E-state index >= 15 is 0 Å². The van der Waals surface area contributed by atoms with E-state index in [2.05, 4.69) is 6.92 Å².